The minimum atomic E-state index is -1.79. The third kappa shape index (κ3) is 4.35. The molecule has 188 valence electrons. The molecule has 2 fully saturated rings. The summed E-state index contributed by atoms with van der Waals surface area (Å²) in [6.45, 7) is 14.5. The van der Waals surface area contributed by atoms with Crippen molar-refractivity contribution >= 4 is 19.9 Å². The largest absolute Gasteiger partial charge is 0.413 e. The van der Waals surface area contributed by atoms with Crippen LogP contribution in [0.2, 0.25) is 18.1 Å². The average molecular weight is 495 g/mol. The third-order valence-electron chi connectivity index (χ3n) is 10.7. The Morgan fingerprint density at radius 3 is 2.36 bits per heavy atom. The van der Waals surface area contributed by atoms with E-state index in [1.54, 1.807) is 30.9 Å². The van der Waals surface area contributed by atoms with Crippen molar-refractivity contribution in [3.63, 3.8) is 0 Å². The maximum Gasteiger partial charge on any atom is 0.192 e. The van der Waals surface area contributed by atoms with Gasteiger partial charge in [0.15, 0.2) is 14.1 Å². The number of ether oxygens (including phenoxy) is 2. The summed E-state index contributed by atoms with van der Waals surface area (Å²) >= 11 is 6.23. The molecule has 0 amide bonds. The van der Waals surface area contributed by atoms with Crippen LogP contribution in [0.4, 0.5) is 0 Å². The Morgan fingerprint density at radius 2 is 1.76 bits per heavy atom. The molecule has 4 aliphatic rings. The average Bonchev–Trinajstić information content (AvgIpc) is 3.08. The maximum atomic E-state index is 7.12. The second-order valence-electron chi connectivity index (χ2n) is 13.1. The van der Waals surface area contributed by atoms with Crippen LogP contribution in [0.1, 0.15) is 79.1 Å². The van der Waals surface area contributed by atoms with Crippen LogP contribution in [0.25, 0.3) is 0 Å². The Hall–Kier alpha value is -0.133. The van der Waals surface area contributed by atoms with Crippen LogP contribution in [-0.4, -0.2) is 34.4 Å². The number of methoxy groups -OCH3 is 2. The molecule has 6 atom stereocenters. The molecule has 0 aromatic rings. The van der Waals surface area contributed by atoms with E-state index in [4.69, 9.17) is 25.5 Å². The number of hydrogen-bond donors (Lipinski definition) is 0. The topological polar surface area (TPSA) is 27.7 Å². The van der Waals surface area contributed by atoms with Crippen LogP contribution in [0.3, 0.4) is 0 Å². The van der Waals surface area contributed by atoms with Gasteiger partial charge in [-0.3, -0.25) is 0 Å². The molecule has 0 unspecified atom stereocenters. The van der Waals surface area contributed by atoms with Gasteiger partial charge in [-0.05, 0) is 85.7 Å². The highest BCUT2D eigenvalue weighted by Gasteiger charge is 2.59. The van der Waals surface area contributed by atoms with Crippen molar-refractivity contribution in [1.29, 1.82) is 0 Å². The zero-order valence-corrected chi connectivity index (χ0v) is 24.1. The Labute approximate surface area is 208 Å². The lowest BCUT2D eigenvalue weighted by atomic mass is 9.51. The van der Waals surface area contributed by atoms with Gasteiger partial charge in [-0.1, -0.05) is 56.5 Å². The molecule has 0 N–H and O–H groups in total. The molecule has 0 aromatic carbocycles. The third-order valence-corrected chi connectivity index (χ3v) is 15.3. The molecule has 4 aliphatic carbocycles. The molecular weight excluding hydrogens is 448 g/mol. The summed E-state index contributed by atoms with van der Waals surface area (Å²) in [4.78, 5) is 0. The molecule has 4 rings (SSSR count). The van der Waals surface area contributed by atoms with Crippen molar-refractivity contribution in [2.45, 2.75) is 109 Å². The fourth-order valence-corrected chi connectivity index (χ4v) is 9.34. The summed E-state index contributed by atoms with van der Waals surface area (Å²) in [6, 6.07) is 0. The fraction of sp³-hybridized carbons (Fsp3) is 0.857. The van der Waals surface area contributed by atoms with E-state index in [0.717, 1.165) is 31.6 Å². The van der Waals surface area contributed by atoms with Crippen molar-refractivity contribution in [2.75, 3.05) is 14.2 Å². The molecular formula is C28H47ClO3Si. The predicted molar refractivity (Wildman–Crippen MR) is 140 cm³/mol. The molecule has 0 aromatic heterocycles. The van der Waals surface area contributed by atoms with Gasteiger partial charge < -0.3 is 13.9 Å². The van der Waals surface area contributed by atoms with Gasteiger partial charge in [0, 0.05) is 32.6 Å². The highest BCUT2D eigenvalue weighted by Crippen LogP contribution is 2.64. The lowest BCUT2D eigenvalue weighted by Crippen LogP contribution is -2.52. The molecule has 0 spiro atoms. The van der Waals surface area contributed by atoms with Gasteiger partial charge in [-0.15, -0.1) is 0 Å². The maximum absolute atomic E-state index is 7.12. The summed E-state index contributed by atoms with van der Waals surface area (Å²) in [5.41, 5.74) is 5.38. The van der Waals surface area contributed by atoms with Gasteiger partial charge in [0.1, 0.15) is 0 Å². The first-order valence-corrected chi connectivity index (χ1v) is 16.5. The molecule has 0 heterocycles. The van der Waals surface area contributed by atoms with Crippen molar-refractivity contribution < 1.29 is 13.9 Å². The van der Waals surface area contributed by atoms with Gasteiger partial charge in [-0.2, -0.15) is 0 Å². The van der Waals surface area contributed by atoms with Crippen molar-refractivity contribution in [2.24, 2.45) is 29.1 Å². The summed E-state index contributed by atoms with van der Waals surface area (Å²) in [5, 5.41) is 0.254. The van der Waals surface area contributed by atoms with Gasteiger partial charge in [0.2, 0.25) is 0 Å². The number of fused-ring (bicyclic) bond motifs is 4. The summed E-state index contributed by atoms with van der Waals surface area (Å²) in [6.07, 6.45) is 11.9. The van der Waals surface area contributed by atoms with Crippen LogP contribution < -0.4 is 0 Å². The zero-order valence-electron chi connectivity index (χ0n) is 22.3. The molecule has 0 aliphatic heterocycles. The van der Waals surface area contributed by atoms with Crippen LogP contribution in [0.5, 0.6) is 0 Å². The quantitative estimate of drug-likeness (QED) is 0.219. The zero-order chi connectivity index (χ0) is 24.2. The van der Waals surface area contributed by atoms with Crippen molar-refractivity contribution in [3.8, 4) is 0 Å². The molecule has 33 heavy (non-hydrogen) atoms. The molecule has 5 heteroatoms. The smallest absolute Gasteiger partial charge is 0.192 e. The molecule has 0 bridgehead atoms. The Bertz CT molecular complexity index is 793. The second-order valence-corrected chi connectivity index (χ2v) is 18.1. The van der Waals surface area contributed by atoms with Crippen LogP contribution in [-0.2, 0) is 13.9 Å². The van der Waals surface area contributed by atoms with E-state index in [9.17, 15) is 0 Å². The Balaban J connectivity index is 1.64. The SMILES string of the molecule is COC1(OC)CCC2=C(C[C@@H](/C=C/Cl)[C@@H]3[C@@H]2CC[C@]2(C)[C@@H](O[Si](C)(C)C(C)(C)C)CC[C@@H]32)C1. The van der Waals surface area contributed by atoms with E-state index in [1.807, 2.05) is 0 Å². The Morgan fingerprint density at radius 1 is 1.06 bits per heavy atom. The first-order chi connectivity index (χ1) is 15.4. The standard InChI is InChI=1S/C28H47ClO3Si/c1-26(2,3)33(7,8)32-24-10-9-23-25-19(13-16-29)17-20-18-28(30-5,31-6)15-12-21(20)22(25)11-14-27(23,24)4/h13,16,19,22-25H,9-12,14-15,17-18H2,1-8H3/b16-13+/t19-,22-,23+,24+,25-,27+/m1/s1. The van der Waals surface area contributed by atoms with Crippen LogP contribution >= 0.6 is 11.6 Å². The summed E-state index contributed by atoms with van der Waals surface area (Å²) < 4.78 is 18.9. The van der Waals surface area contributed by atoms with Crippen LogP contribution in [0.15, 0.2) is 22.8 Å². The predicted octanol–water partition coefficient (Wildman–Crippen LogP) is 8.06. The van der Waals surface area contributed by atoms with Gasteiger partial charge in [0.05, 0.1) is 6.10 Å². The number of rotatable bonds is 5. The van der Waals surface area contributed by atoms with Crippen molar-refractivity contribution in [1.82, 2.24) is 0 Å². The van der Waals surface area contributed by atoms with Gasteiger partial charge in [0.25, 0.3) is 0 Å². The highest BCUT2D eigenvalue weighted by molar-refractivity contribution is 6.74. The molecule has 0 radical (unpaired) electrons. The second kappa shape index (κ2) is 9.07. The lowest BCUT2D eigenvalue weighted by molar-refractivity contribution is -0.213. The first kappa shape index (κ1) is 25.9. The number of halogens is 1. The minimum Gasteiger partial charge on any atom is -0.413 e. The van der Waals surface area contributed by atoms with Crippen molar-refractivity contribution in [3.05, 3.63) is 22.8 Å². The van der Waals surface area contributed by atoms with E-state index >= 15 is 0 Å². The van der Waals surface area contributed by atoms with E-state index < -0.39 is 14.1 Å². The van der Waals surface area contributed by atoms with E-state index in [1.165, 1.54) is 25.7 Å². The monoisotopic (exact) mass is 494 g/mol. The van der Waals surface area contributed by atoms with E-state index in [-0.39, 0.29) is 10.5 Å². The van der Waals surface area contributed by atoms with Gasteiger partial charge >= 0.3 is 0 Å². The lowest BCUT2D eigenvalue weighted by Gasteiger charge is -2.56. The van der Waals surface area contributed by atoms with E-state index in [2.05, 4.69) is 46.9 Å². The molecule has 2 saturated carbocycles. The normalized spacial score (nSPS) is 38.9. The van der Waals surface area contributed by atoms with Gasteiger partial charge in [-0.25, -0.2) is 0 Å². The fourth-order valence-electron chi connectivity index (χ4n) is 7.70. The first-order valence-electron chi connectivity index (χ1n) is 13.2. The molecule has 3 nitrogen and oxygen atoms in total. The minimum absolute atomic E-state index is 0.254. The summed E-state index contributed by atoms with van der Waals surface area (Å²) in [7, 11) is 1.80. The molecule has 0 saturated heterocycles. The van der Waals surface area contributed by atoms with E-state index in [0.29, 0.717) is 23.9 Å². The number of hydrogen-bond acceptors (Lipinski definition) is 3. The highest BCUT2D eigenvalue weighted by atomic mass is 35.5. The summed E-state index contributed by atoms with van der Waals surface area (Å²) in [5.74, 6) is 2.15. The Kier molecular flexibility index (Phi) is 7.13. The number of allylic oxidation sites excluding steroid dienone is 2. The van der Waals surface area contributed by atoms with Crippen LogP contribution in [0, 0.1) is 29.1 Å².